The van der Waals surface area contributed by atoms with Crippen molar-refractivity contribution >= 4 is 0 Å². The van der Waals surface area contributed by atoms with Crippen LogP contribution in [0.2, 0.25) is 0 Å². The zero-order valence-electron chi connectivity index (χ0n) is 12.5. The third-order valence-electron chi connectivity index (χ3n) is 3.65. The maximum Gasteiger partial charge on any atom is 0.136 e. The normalized spacial score (nSPS) is 15.6. The molecule has 1 heterocycles. The summed E-state index contributed by atoms with van der Waals surface area (Å²) in [4.78, 5) is 0. The fourth-order valence-corrected chi connectivity index (χ4v) is 2.22. The number of hydrogen-bond acceptors (Lipinski definition) is 3. The van der Waals surface area contributed by atoms with Crippen LogP contribution >= 0.6 is 0 Å². The number of hydrogen-bond donors (Lipinski definition) is 2. The molecule has 0 saturated carbocycles. The maximum atomic E-state index is 13.5. The molecule has 1 aromatic heterocycles. The number of aryl methyl sites for hydroxylation is 1. The minimum Gasteiger partial charge on any atom is -0.466 e. The second-order valence-electron chi connectivity index (χ2n) is 5.66. The fraction of sp³-hybridized carbons (Fsp3) is 0.412. The second-order valence-corrected chi connectivity index (χ2v) is 5.66. The number of benzene rings is 1. The first-order chi connectivity index (χ1) is 9.99. The van der Waals surface area contributed by atoms with Crippen molar-refractivity contribution in [2.75, 3.05) is 6.54 Å². The Balaban J connectivity index is 1.80. The van der Waals surface area contributed by atoms with Crippen molar-refractivity contribution in [3.05, 3.63) is 59.8 Å². The lowest BCUT2D eigenvalue weighted by molar-refractivity contribution is 0.0318. The first kappa shape index (κ1) is 15.7. The third-order valence-corrected chi connectivity index (χ3v) is 3.65. The van der Waals surface area contributed by atoms with Gasteiger partial charge in [-0.3, -0.25) is 0 Å². The SMILES string of the molecule is CC(CCc1ccccc1F)NCC(C)(O)c1ccco1. The molecule has 0 spiro atoms. The van der Waals surface area contributed by atoms with Gasteiger partial charge in [-0.25, -0.2) is 4.39 Å². The molecule has 0 radical (unpaired) electrons. The summed E-state index contributed by atoms with van der Waals surface area (Å²) in [6.07, 6.45) is 3.02. The van der Waals surface area contributed by atoms with E-state index in [1.807, 2.05) is 13.0 Å². The second kappa shape index (κ2) is 6.87. The van der Waals surface area contributed by atoms with Gasteiger partial charge in [-0.2, -0.15) is 0 Å². The highest BCUT2D eigenvalue weighted by atomic mass is 19.1. The van der Waals surface area contributed by atoms with E-state index < -0.39 is 5.60 Å². The molecule has 0 aliphatic rings. The van der Waals surface area contributed by atoms with E-state index in [2.05, 4.69) is 5.32 Å². The van der Waals surface area contributed by atoms with Gasteiger partial charge in [0.15, 0.2) is 0 Å². The Morgan fingerprint density at radius 2 is 2.05 bits per heavy atom. The molecule has 1 aromatic carbocycles. The van der Waals surface area contributed by atoms with Gasteiger partial charge in [-0.1, -0.05) is 18.2 Å². The van der Waals surface area contributed by atoms with Gasteiger partial charge in [-0.05, 0) is 50.5 Å². The summed E-state index contributed by atoms with van der Waals surface area (Å²) >= 11 is 0. The molecule has 0 aliphatic carbocycles. The predicted octanol–water partition coefficient (Wildman–Crippen LogP) is 3.24. The van der Waals surface area contributed by atoms with Crippen molar-refractivity contribution in [1.29, 1.82) is 0 Å². The third kappa shape index (κ3) is 4.41. The quantitative estimate of drug-likeness (QED) is 0.823. The molecule has 2 rings (SSSR count). The lowest BCUT2D eigenvalue weighted by Crippen LogP contribution is -2.39. The van der Waals surface area contributed by atoms with Crippen molar-refractivity contribution in [1.82, 2.24) is 5.32 Å². The summed E-state index contributed by atoms with van der Waals surface area (Å²) in [5.41, 5.74) is -0.320. The topological polar surface area (TPSA) is 45.4 Å². The zero-order valence-corrected chi connectivity index (χ0v) is 12.5. The molecule has 114 valence electrons. The van der Waals surface area contributed by atoms with Gasteiger partial charge in [0.2, 0.25) is 0 Å². The molecule has 0 aliphatic heterocycles. The van der Waals surface area contributed by atoms with Gasteiger partial charge in [0.1, 0.15) is 17.2 Å². The van der Waals surface area contributed by atoms with Gasteiger partial charge in [-0.15, -0.1) is 0 Å². The molecule has 3 nitrogen and oxygen atoms in total. The Morgan fingerprint density at radius 3 is 2.71 bits per heavy atom. The largest absolute Gasteiger partial charge is 0.466 e. The monoisotopic (exact) mass is 291 g/mol. The van der Waals surface area contributed by atoms with Crippen LogP contribution in [0.15, 0.2) is 47.1 Å². The number of halogens is 1. The summed E-state index contributed by atoms with van der Waals surface area (Å²) in [6.45, 7) is 4.13. The summed E-state index contributed by atoms with van der Waals surface area (Å²) in [5, 5.41) is 13.6. The zero-order chi connectivity index (χ0) is 15.3. The van der Waals surface area contributed by atoms with Crippen molar-refractivity contribution in [2.45, 2.75) is 38.3 Å². The molecule has 2 unspecified atom stereocenters. The standard InChI is InChI=1S/C17H22FNO2/c1-13(9-10-14-6-3-4-7-15(14)18)19-12-17(2,20)16-8-5-11-21-16/h3-8,11,13,19-20H,9-10,12H2,1-2H3. The lowest BCUT2D eigenvalue weighted by Gasteiger charge is -2.24. The van der Waals surface area contributed by atoms with Crippen molar-refractivity contribution in [3.8, 4) is 0 Å². The maximum absolute atomic E-state index is 13.5. The van der Waals surface area contributed by atoms with Crippen LogP contribution in [0.1, 0.15) is 31.6 Å². The van der Waals surface area contributed by atoms with Crippen LogP contribution in [-0.2, 0) is 12.0 Å². The van der Waals surface area contributed by atoms with E-state index in [9.17, 15) is 9.50 Å². The van der Waals surface area contributed by atoms with Crippen LogP contribution < -0.4 is 5.32 Å². The van der Waals surface area contributed by atoms with Gasteiger partial charge >= 0.3 is 0 Å². The number of aliphatic hydroxyl groups is 1. The smallest absolute Gasteiger partial charge is 0.136 e. The number of nitrogens with one attached hydrogen (secondary N) is 1. The van der Waals surface area contributed by atoms with Crippen molar-refractivity contribution < 1.29 is 13.9 Å². The Hall–Kier alpha value is -1.65. The van der Waals surface area contributed by atoms with E-state index >= 15 is 0 Å². The summed E-state index contributed by atoms with van der Waals surface area (Å²) in [5.74, 6) is 0.378. The van der Waals surface area contributed by atoms with E-state index in [-0.39, 0.29) is 11.9 Å². The van der Waals surface area contributed by atoms with Crippen molar-refractivity contribution in [2.24, 2.45) is 0 Å². The van der Waals surface area contributed by atoms with E-state index in [1.54, 1.807) is 37.5 Å². The molecule has 2 atom stereocenters. The first-order valence-electron chi connectivity index (χ1n) is 7.22. The highest BCUT2D eigenvalue weighted by Crippen LogP contribution is 2.20. The molecule has 0 saturated heterocycles. The Kier molecular flexibility index (Phi) is 5.15. The van der Waals surface area contributed by atoms with Crippen LogP contribution in [0.5, 0.6) is 0 Å². The molecular formula is C17H22FNO2. The van der Waals surface area contributed by atoms with E-state index in [4.69, 9.17) is 4.42 Å². The number of furan rings is 1. The molecule has 4 heteroatoms. The first-order valence-corrected chi connectivity index (χ1v) is 7.22. The van der Waals surface area contributed by atoms with E-state index in [1.165, 1.54) is 6.07 Å². The predicted molar refractivity (Wildman–Crippen MR) is 80.5 cm³/mol. The molecular weight excluding hydrogens is 269 g/mol. The summed E-state index contributed by atoms with van der Waals surface area (Å²) < 4.78 is 18.8. The van der Waals surface area contributed by atoms with Crippen LogP contribution in [-0.4, -0.2) is 17.7 Å². The molecule has 2 aromatic rings. The van der Waals surface area contributed by atoms with E-state index in [0.717, 1.165) is 12.0 Å². The minimum absolute atomic E-state index is 0.160. The highest BCUT2D eigenvalue weighted by Gasteiger charge is 2.26. The van der Waals surface area contributed by atoms with Gasteiger partial charge in [0.25, 0.3) is 0 Å². The van der Waals surface area contributed by atoms with Gasteiger partial charge < -0.3 is 14.8 Å². The molecule has 0 bridgehead atoms. The Morgan fingerprint density at radius 1 is 1.29 bits per heavy atom. The summed E-state index contributed by atoms with van der Waals surface area (Å²) in [6, 6.07) is 10.5. The van der Waals surface area contributed by atoms with Gasteiger partial charge in [0.05, 0.1) is 6.26 Å². The molecule has 0 amide bonds. The molecule has 21 heavy (non-hydrogen) atoms. The number of rotatable bonds is 7. The Labute approximate surface area is 124 Å². The van der Waals surface area contributed by atoms with Gasteiger partial charge in [0, 0.05) is 12.6 Å². The Bertz CT molecular complexity index is 552. The fourth-order valence-electron chi connectivity index (χ4n) is 2.22. The van der Waals surface area contributed by atoms with Crippen LogP contribution in [0.25, 0.3) is 0 Å². The average Bonchev–Trinajstić information content (AvgIpc) is 2.99. The minimum atomic E-state index is -1.05. The van der Waals surface area contributed by atoms with E-state index in [0.29, 0.717) is 18.7 Å². The lowest BCUT2D eigenvalue weighted by atomic mass is 10.0. The van der Waals surface area contributed by atoms with Crippen molar-refractivity contribution in [3.63, 3.8) is 0 Å². The van der Waals surface area contributed by atoms with Crippen LogP contribution in [0.4, 0.5) is 4.39 Å². The molecule has 2 N–H and O–H groups in total. The van der Waals surface area contributed by atoms with Crippen LogP contribution in [0.3, 0.4) is 0 Å². The molecule has 0 fully saturated rings. The summed E-state index contributed by atoms with van der Waals surface area (Å²) in [7, 11) is 0. The average molecular weight is 291 g/mol. The highest BCUT2D eigenvalue weighted by molar-refractivity contribution is 5.17. The van der Waals surface area contributed by atoms with Crippen LogP contribution in [0, 0.1) is 5.82 Å².